The summed E-state index contributed by atoms with van der Waals surface area (Å²) in [5.74, 6) is 0. The average molecular weight is 476 g/mol. The van der Waals surface area contributed by atoms with Crippen molar-refractivity contribution >= 4 is 6.09 Å². The number of carbonyl (C=O) groups excluding carboxylic acids is 1. The quantitative estimate of drug-likeness (QED) is 0.335. The van der Waals surface area contributed by atoms with Crippen molar-refractivity contribution in [2.24, 2.45) is 5.11 Å². The van der Waals surface area contributed by atoms with Crippen LogP contribution in [0, 0.1) is 0 Å². The van der Waals surface area contributed by atoms with E-state index >= 15 is 0 Å². The minimum atomic E-state index is -0.932. The van der Waals surface area contributed by atoms with Crippen molar-refractivity contribution < 1.29 is 28.8 Å². The normalized spacial score (nSPS) is 36.4. The highest BCUT2D eigenvalue weighted by Gasteiger charge is 2.56. The highest BCUT2D eigenvalue weighted by molar-refractivity contribution is 5.70. The SMILES string of the molecule is CO[C@H]1C[C@H](N=[N+]=[N-])[C@@H](O[C@H]2O[C@H](CN[C@H](C)c3ccccc3)CC[C@H]2O)[C@@H]2OC(=O)N(C)[C@@H]21. The van der Waals surface area contributed by atoms with Crippen molar-refractivity contribution in [2.75, 3.05) is 20.7 Å². The van der Waals surface area contributed by atoms with E-state index in [1.807, 2.05) is 18.2 Å². The standard InChI is InChI=1S/C23H33N5O6/c1-13(14-7-5-4-6-8-14)25-12-15-9-10-17(29)22(32-15)33-20-16(26-27-24)11-18(31-3)19-21(20)34-23(30)28(19)2/h4-8,13,15-22,25,29H,9-12H2,1-3H3/t13-,15+,16+,17-,18+,19-,20-,21-,22-/m1/s1. The number of carbonyl (C=O) groups is 1. The predicted molar refractivity (Wildman–Crippen MR) is 122 cm³/mol. The molecule has 0 unspecified atom stereocenters. The van der Waals surface area contributed by atoms with Gasteiger partial charge in [0, 0.05) is 31.7 Å². The number of amides is 1. The van der Waals surface area contributed by atoms with E-state index in [0.29, 0.717) is 25.8 Å². The summed E-state index contributed by atoms with van der Waals surface area (Å²) in [6.45, 7) is 2.67. The highest BCUT2D eigenvalue weighted by atomic mass is 16.7. The fourth-order valence-corrected chi connectivity index (χ4v) is 5.08. The van der Waals surface area contributed by atoms with Crippen molar-refractivity contribution in [3.8, 4) is 0 Å². The molecule has 3 fully saturated rings. The van der Waals surface area contributed by atoms with Gasteiger partial charge >= 0.3 is 6.09 Å². The van der Waals surface area contributed by atoms with Crippen molar-refractivity contribution in [2.45, 2.75) is 81.1 Å². The fourth-order valence-electron chi connectivity index (χ4n) is 5.08. The van der Waals surface area contributed by atoms with Crippen molar-refractivity contribution in [3.63, 3.8) is 0 Å². The molecule has 3 aliphatic rings. The van der Waals surface area contributed by atoms with Gasteiger partial charge in [-0.25, -0.2) is 4.79 Å². The van der Waals surface area contributed by atoms with Gasteiger partial charge in [0.25, 0.3) is 0 Å². The van der Waals surface area contributed by atoms with E-state index in [0.717, 1.165) is 0 Å². The summed E-state index contributed by atoms with van der Waals surface area (Å²) in [7, 11) is 3.19. The molecule has 2 heterocycles. The Kier molecular flexibility index (Phi) is 7.92. The Morgan fingerprint density at radius 3 is 2.82 bits per heavy atom. The monoisotopic (exact) mass is 475 g/mol. The van der Waals surface area contributed by atoms with Gasteiger partial charge in [0.15, 0.2) is 12.4 Å². The first-order valence-electron chi connectivity index (χ1n) is 11.7. The number of methoxy groups -OCH3 is 1. The van der Waals surface area contributed by atoms with Crippen LogP contribution in [0.3, 0.4) is 0 Å². The molecular formula is C23H33N5O6. The number of nitrogens with one attached hydrogen (secondary N) is 1. The molecule has 4 rings (SSSR count). The molecule has 2 saturated heterocycles. The van der Waals surface area contributed by atoms with E-state index < -0.39 is 42.8 Å². The number of hydrogen-bond acceptors (Lipinski definition) is 8. The molecule has 11 nitrogen and oxygen atoms in total. The number of aliphatic hydroxyl groups excluding tert-OH is 1. The van der Waals surface area contributed by atoms with Gasteiger partial charge in [-0.2, -0.15) is 0 Å². The largest absolute Gasteiger partial charge is 0.441 e. The van der Waals surface area contributed by atoms with Crippen LogP contribution in [0.2, 0.25) is 0 Å². The Bertz CT molecular complexity index is 884. The van der Waals surface area contributed by atoms with Gasteiger partial charge in [-0.05, 0) is 37.3 Å². The summed E-state index contributed by atoms with van der Waals surface area (Å²) in [5, 5.41) is 18.0. The molecule has 0 radical (unpaired) electrons. The number of fused-ring (bicyclic) bond motifs is 1. The van der Waals surface area contributed by atoms with E-state index in [-0.39, 0.29) is 18.2 Å². The third-order valence-corrected chi connectivity index (χ3v) is 7.04. The third kappa shape index (κ3) is 5.14. The lowest BCUT2D eigenvalue weighted by molar-refractivity contribution is -0.274. The van der Waals surface area contributed by atoms with Gasteiger partial charge < -0.3 is 34.3 Å². The second-order valence-electron chi connectivity index (χ2n) is 9.14. The molecule has 11 heteroatoms. The zero-order valence-electron chi connectivity index (χ0n) is 19.7. The molecule has 0 aromatic heterocycles. The highest BCUT2D eigenvalue weighted by Crippen LogP contribution is 2.37. The number of likely N-dealkylation sites (N-methyl/N-ethyl adjacent to an activating group) is 1. The van der Waals surface area contributed by atoms with Gasteiger partial charge in [-0.1, -0.05) is 35.4 Å². The van der Waals surface area contributed by atoms with Gasteiger partial charge in [0.05, 0.1) is 18.2 Å². The smallest absolute Gasteiger partial charge is 0.410 e. The maximum atomic E-state index is 12.3. The second-order valence-corrected chi connectivity index (χ2v) is 9.14. The van der Waals surface area contributed by atoms with Crippen LogP contribution in [0.25, 0.3) is 10.4 Å². The summed E-state index contributed by atoms with van der Waals surface area (Å²) in [5.41, 5.74) is 10.3. The summed E-state index contributed by atoms with van der Waals surface area (Å²) < 4.78 is 23.5. The van der Waals surface area contributed by atoms with Crippen LogP contribution in [0.15, 0.2) is 35.4 Å². The number of rotatable bonds is 8. The predicted octanol–water partition coefficient (Wildman–Crippen LogP) is 2.51. The van der Waals surface area contributed by atoms with Gasteiger partial charge in [-0.15, -0.1) is 0 Å². The second kappa shape index (κ2) is 10.9. The molecule has 1 aromatic carbocycles. The Balaban J connectivity index is 1.43. The van der Waals surface area contributed by atoms with Crippen LogP contribution < -0.4 is 5.32 Å². The topological polar surface area (TPSA) is 138 Å². The molecule has 34 heavy (non-hydrogen) atoms. The van der Waals surface area contributed by atoms with E-state index in [9.17, 15) is 9.90 Å². The van der Waals surface area contributed by atoms with E-state index in [1.54, 1.807) is 14.2 Å². The van der Waals surface area contributed by atoms with Crippen LogP contribution in [0.5, 0.6) is 0 Å². The van der Waals surface area contributed by atoms with Gasteiger partial charge in [-0.3, -0.25) is 0 Å². The number of nitrogens with zero attached hydrogens (tertiary/aromatic N) is 4. The van der Waals surface area contributed by atoms with Gasteiger partial charge in [0.1, 0.15) is 18.2 Å². The summed E-state index contributed by atoms with van der Waals surface area (Å²) >= 11 is 0. The van der Waals surface area contributed by atoms with Crippen LogP contribution in [-0.4, -0.2) is 85.7 Å². The molecule has 1 aromatic rings. The van der Waals surface area contributed by atoms with E-state index in [1.165, 1.54) is 10.5 Å². The molecule has 1 amide bonds. The van der Waals surface area contributed by atoms with Gasteiger partial charge in [0.2, 0.25) is 0 Å². The minimum Gasteiger partial charge on any atom is -0.441 e. The first kappa shape index (κ1) is 24.7. The van der Waals surface area contributed by atoms with Crippen LogP contribution in [-0.2, 0) is 18.9 Å². The zero-order valence-corrected chi connectivity index (χ0v) is 19.7. The summed E-state index contributed by atoms with van der Waals surface area (Å²) in [4.78, 5) is 16.7. The Morgan fingerprint density at radius 1 is 1.35 bits per heavy atom. The number of benzene rings is 1. The Morgan fingerprint density at radius 2 is 2.12 bits per heavy atom. The number of hydrogen-bond donors (Lipinski definition) is 2. The number of aliphatic hydroxyl groups is 1. The minimum absolute atomic E-state index is 0.142. The lowest BCUT2D eigenvalue weighted by Gasteiger charge is -2.44. The first-order valence-corrected chi connectivity index (χ1v) is 11.7. The molecule has 2 aliphatic heterocycles. The van der Waals surface area contributed by atoms with E-state index in [4.69, 9.17) is 24.5 Å². The van der Waals surface area contributed by atoms with Crippen molar-refractivity contribution in [3.05, 3.63) is 46.3 Å². The molecule has 0 bridgehead atoms. The molecule has 2 N–H and O–H groups in total. The lowest BCUT2D eigenvalue weighted by Crippen LogP contribution is -2.60. The molecule has 1 aliphatic carbocycles. The van der Waals surface area contributed by atoms with E-state index in [2.05, 4.69) is 34.4 Å². The summed E-state index contributed by atoms with van der Waals surface area (Å²) in [6, 6.07) is 9.24. The van der Waals surface area contributed by atoms with Crippen LogP contribution in [0.1, 0.15) is 37.8 Å². The average Bonchev–Trinajstić information content (AvgIpc) is 3.15. The van der Waals surface area contributed by atoms with Crippen molar-refractivity contribution in [1.82, 2.24) is 10.2 Å². The molecule has 1 saturated carbocycles. The zero-order chi connectivity index (χ0) is 24.2. The third-order valence-electron chi connectivity index (χ3n) is 7.04. The van der Waals surface area contributed by atoms with Crippen molar-refractivity contribution in [1.29, 1.82) is 0 Å². The first-order chi connectivity index (χ1) is 16.4. The maximum Gasteiger partial charge on any atom is 0.410 e. The van der Waals surface area contributed by atoms with Crippen LogP contribution in [0.4, 0.5) is 4.79 Å². The Labute approximate surface area is 198 Å². The fraction of sp³-hybridized carbons (Fsp3) is 0.696. The maximum absolute atomic E-state index is 12.3. The molecule has 186 valence electrons. The molecular weight excluding hydrogens is 442 g/mol. The Hall–Kier alpha value is -2.40. The number of ether oxygens (including phenoxy) is 4. The lowest BCUT2D eigenvalue weighted by atomic mass is 9.83. The summed E-state index contributed by atoms with van der Waals surface area (Å²) in [6.07, 6.45) is -2.75. The molecule has 9 atom stereocenters. The number of azide groups is 1. The molecule has 0 spiro atoms. The van der Waals surface area contributed by atoms with Crippen LogP contribution >= 0.6 is 0 Å².